The number of hydrogen-bond donors (Lipinski definition) is 0. The van der Waals surface area contributed by atoms with E-state index in [4.69, 9.17) is 0 Å². The van der Waals surface area contributed by atoms with Gasteiger partial charge in [-0.25, -0.2) is 9.67 Å². The first-order chi connectivity index (χ1) is 13.8. The number of anilines is 1. The van der Waals surface area contributed by atoms with Crippen molar-refractivity contribution in [3.63, 3.8) is 0 Å². The number of hydrogen-bond acceptors (Lipinski definition) is 3. The van der Waals surface area contributed by atoms with Gasteiger partial charge in [-0.15, -0.1) is 6.58 Å². The Labute approximate surface area is 163 Å². The molecule has 0 unspecified atom stereocenters. The van der Waals surface area contributed by atoms with Gasteiger partial charge in [-0.05, 0) is 23.8 Å². The summed E-state index contributed by atoms with van der Waals surface area (Å²) in [6.45, 7) is 4.83. The summed E-state index contributed by atoms with van der Waals surface area (Å²) in [6, 6.07) is 21.5. The number of rotatable bonds is 6. The second kappa shape index (κ2) is 7.88. The Morgan fingerprint density at radius 2 is 1.75 bits per heavy atom. The van der Waals surface area contributed by atoms with Gasteiger partial charge >= 0.3 is 0 Å². The molecule has 0 bridgehead atoms. The first kappa shape index (κ1) is 17.7. The van der Waals surface area contributed by atoms with Crippen LogP contribution in [-0.2, 0) is 6.54 Å². The van der Waals surface area contributed by atoms with Crippen LogP contribution in [0.4, 0.5) is 5.69 Å². The number of nitrogens with zero attached hydrogens (tertiary/aromatic N) is 4. The lowest BCUT2D eigenvalue weighted by atomic mass is 10.2. The van der Waals surface area contributed by atoms with Gasteiger partial charge < -0.3 is 4.90 Å². The molecule has 0 aliphatic rings. The van der Waals surface area contributed by atoms with Gasteiger partial charge in [-0.2, -0.15) is 5.10 Å². The van der Waals surface area contributed by atoms with Gasteiger partial charge in [0, 0.05) is 23.8 Å². The molecule has 5 nitrogen and oxygen atoms in total. The maximum absolute atomic E-state index is 13.1. The fourth-order valence-electron chi connectivity index (χ4n) is 3.16. The first-order valence-corrected chi connectivity index (χ1v) is 9.09. The van der Waals surface area contributed by atoms with Gasteiger partial charge in [-0.3, -0.25) is 4.79 Å². The molecule has 0 N–H and O–H groups in total. The second-order valence-corrected chi connectivity index (χ2v) is 6.46. The molecule has 0 saturated carbocycles. The van der Waals surface area contributed by atoms with Crippen molar-refractivity contribution in [2.24, 2.45) is 0 Å². The van der Waals surface area contributed by atoms with Crippen LogP contribution in [0.1, 0.15) is 15.9 Å². The molecule has 1 amide bonds. The average molecular weight is 368 g/mol. The van der Waals surface area contributed by atoms with Crippen molar-refractivity contribution in [1.82, 2.24) is 14.8 Å². The van der Waals surface area contributed by atoms with Gasteiger partial charge in [0.1, 0.15) is 0 Å². The molecule has 0 atom stereocenters. The SMILES string of the molecule is C=CCN(C(=O)c1cnc2c(cnn2Cc2ccccc2)c1)c1ccccc1. The molecule has 2 aromatic carbocycles. The zero-order valence-electron chi connectivity index (χ0n) is 15.4. The molecule has 138 valence electrons. The molecule has 0 aliphatic heterocycles. The summed E-state index contributed by atoms with van der Waals surface area (Å²) >= 11 is 0. The minimum atomic E-state index is -0.115. The zero-order valence-corrected chi connectivity index (χ0v) is 15.4. The summed E-state index contributed by atoms with van der Waals surface area (Å²) in [5.74, 6) is -0.115. The lowest BCUT2D eigenvalue weighted by molar-refractivity contribution is 0.0989. The van der Waals surface area contributed by atoms with Crippen LogP contribution in [0.15, 0.2) is 91.8 Å². The number of carbonyl (C=O) groups excluding carboxylic acids is 1. The maximum atomic E-state index is 13.1. The highest BCUT2D eigenvalue weighted by atomic mass is 16.2. The molecule has 4 rings (SSSR count). The number of aromatic nitrogens is 3. The van der Waals surface area contributed by atoms with Crippen molar-refractivity contribution in [3.8, 4) is 0 Å². The van der Waals surface area contributed by atoms with E-state index in [0.29, 0.717) is 18.7 Å². The van der Waals surface area contributed by atoms with Gasteiger partial charge in [0.05, 0.1) is 18.3 Å². The highest BCUT2D eigenvalue weighted by Crippen LogP contribution is 2.20. The molecule has 0 spiro atoms. The molecule has 0 saturated heterocycles. The standard InChI is InChI=1S/C23H20N4O/c1-2-13-26(21-11-7-4-8-12-21)23(28)20-14-19-16-25-27(22(19)24-15-20)17-18-9-5-3-6-10-18/h2-12,14-16H,1,13,17H2. The summed E-state index contributed by atoms with van der Waals surface area (Å²) in [5, 5.41) is 5.28. The van der Waals surface area contributed by atoms with Crippen LogP contribution in [0.5, 0.6) is 0 Å². The minimum absolute atomic E-state index is 0.115. The molecule has 4 aromatic rings. The van der Waals surface area contributed by atoms with E-state index < -0.39 is 0 Å². The van der Waals surface area contributed by atoms with E-state index >= 15 is 0 Å². The molecule has 0 radical (unpaired) electrons. The lowest BCUT2D eigenvalue weighted by Crippen LogP contribution is -2.31. The van der Waals surface area contributed by atoms with Gasteiger partial charge in [-0.1, -0.05) is 54.6 Å². The fourth-order valence-corrected chi connectivity index (χ4v) is 3.16. The number of pyridine rings is 1. The third kappa shape index (κ3) is 3.55. The first-order valence-electron chi connectivity index (χ1n) is 9.09. The Morgan fingerprint density at radius 1 is 1.04 bits per heavy atom. The van der Waals surface area contributed by atoms with Crippen LogP contribution in [0, 0.1) is 0 Å². The third-order valence-corrected chi connectivity index (χ3v) is 4.52. The van der Waals surface area contributed by atoms with Crippen LogP contribution < -0.4 is 4.90 Å². The molecular formula is C23H20N4O. The van der Waals surface area contributed by atoms with Crippen LogP contribution in [0.2, 0.25) is 0 Å². The number of amides is 1. The molecule has 0 fully saturated rings. The summed E-state index contributed by atoms with van der Waals surface area (Å²) < 4.78 is 1.84. The van der Waals surface area contributed by atoms with Crippen molar-refractivity contribution >= 4 is 22.6 Å². The third-order valence-electron chi connectivity index (χ3n) is 4.52. The Balaban J connectivity index is 1.64. The molecule has 28 heavy (non-hydrogen) atoms. The second-order valence-electron chi connectivity index (χ2n) is 6.46. The molecule has 0 aliphatic carbocycles. The van der Waals surface area contributed by atoms with Gasteiger partial charge in [0.25, 0.3) is 5.91 Å². The summed E-state index contributed by atoms with van der Waals surface area (Å²) in [5.41, 5.74) is 3.26. The zero-order chi connectivity index (χ0) is 19.3. The van der Waals surface area contributed by atoms with Crippen LogP contribution in [0.3, 0.4) is 0 Å². The molecule has 2 aromatic heterocycles. The molecule has 5 heteroatoms. The summed E-state index contributed by atoms with van der Waals surface area (Å²) in [6.07, 6.45) is 5.09. The van der Waals surface area contributed by atoms with Gasteiger partial charge in [0.15, 0.2) is 5.65 Å². The van der Waals surface area contributed by atoms with Crippen molar-refractivity contribution in [3.05, 3.63) is 103 Å². The Hall–Kier alpha value is -3.73. The number of benzene rings is 2. The Morgan fingerprint density at radius 3 is 2.46 bits per heavy atom. The normalized spacial score (nSPS) is 10.7. The minimum Gasteiger partial charge on any atom is -0.305 e. The number of fused-ring (bicyclic) bond motifs is 1. The highest BCUT2D eigenvalue weighted by Gasteiger charge is 2.18. The van der Waals surface area contributed by atoms with Crippen LogP contribution in [-0.4, -0.2) is 27.2 Å². The van der Waals surface area contributed by atoms with E-state index in [-0.39, 0.29) is 5.91 Å². The monoisotopic (exact) mass is 368 g/mol. The highest BCUT2D eigenvalue weighted by molar-refractivity contribution is 6.07. The molecule has 2 heterocycles. The van der Waals surface area contributed by atoms with E-state index in [1.165, 1.54) is 0 Å². The lowest BCUT2D eigenvalue weighted by Gasteiger charge is -2.21. The van der Waals surface area contributed by atoms with Crippen molar-refractivity contribution in [1.29, 1.82) is 0 Å². The van der Waals surface area contributed by atoms with E-state index in [1.54, 1.807) is 23.4 Å². The van der Waals surface area contributed by atoms with E-state index in [2.05, 4.69) is 28.8 Å². The Kier molecular flexibility index (Phi) is 4.97. The van der Waals surface area contributed by atoms with E-state index in [0.717, 1.165) is 22.3 Å². The van der Waals surface area contributed by atoms with Crippen molar-refractivity contribution < 1.29 is 4.79 Å². The Bertz CT molecular complexity index is 1100. The summed E-state index contributed by atoms with van der Waals surface area (Å²) in [4.78, 5) is 19.3. The fraction of sp³-hybridized carbons (Fsp3) is 0.0870. The largest absolute Gasteiger partial charge is 0.305 e. The average Bonchev–Trinajstić information content (AvgIpc) is 3.15. The van der Waals surface area contributed by atoms with Crippen LogP contribution in [0.25, 0.3) is 11.0 Å². The predicted octanol–water partition coefficient (Wildman–Crippen LogP) is 4.31. The van der Waals surface area contributed by atoms with E-state index in [1.807, 2.05) is 59.3 Å². The van der Waals surface area contributed by atoms with Crippen molar-refractivity contribution in [2.45, 2.75) is 6.54 Å². The number of carbonyl (C=O) groups is 1. The predicted molar refractivity (Wildman–Crippen MR) is 111 cm³/mol. The number of para-hydroxylation sites is 1. The maximum Gasteiger partial charge on any atom is 0.260 e. The van der Waals surface area contributed by atoms with Gasteiger partial charge in [0.2, 0.25) is 0 Å². The topological polar surface area (TPSA) is 51.0 Å². The summed E-state index contributed by atoms with van der Waals surface area (Å²) in [7, 11) is 0. The molecular weight excluding hydrogens is 348 g/mol. The van der Waals surface area contributed by atoms with E-state index in [9.17, 15) is 4.79 Å². The van der Waals surface area contributed by atoms with Crippen molar-refractivity contribution in [2.75, 3.05) is 11.4 Å². The quantitative estimate of drug-likeness (QED) is 0.477. The van der Waals surface area contributed by atoms with Crippen LogP contribution >= 0.6 is 0 Å². The smallest absolute Gasteiger partial charge is 0.260 e.